The molecule has 0 aromatic heterocycles. The van der Waals surface area contributed by atoms with Crippen molar-refractivity contribution in [1.82, 2.24) is 0 Å². The molecular formula is C22H26O3S. The average molecular weight is 371 g/mol. The Morgan fingerprint density at radius 3 is 1.73 bits per heavy atom. The number of Topliss-reactive ketones (excluding diaryl/α,β-unsaturated/α-hetero) is 2. The molecule has 4 heteroatoms. The molecule has 1 fully saturated rings. The predicted octanol–water partition coefficient (Wildman–Crippen LogP) is 5.00. The van der Waals surface area contributed by atoms with Gasteiger partial charge in [-0.25, -0.2) is 0 Å². The third kappa shape index (κ3) is 7.38. The van der Waals surface area contributed by atoms with E-state index in [4.69, 9.17) is 4.74 Å². The highest BCUT2D eigenvalue weighted by Gasteiger charge is 2.14. The summed E-state index contributed by atoms with van der Waals surface area (Å²) in [5.74, 6) is -0.264. The molecule has 26 heavy (non-hydrogen) atoms. The molecule has 138 valence electrons. The molecule has 1 saturated heterocycles. The summed E-state index contributed by atoms with van der Waals surface area (Å²) in [5, 5.41) is 0. The maximum atomic E-state index is 12.1. The van der Waals surface area contributed by atoms with Gasteiger partial charge in [0.1, 0.15) is 0 Å². The van der Waals surface area contributed by atoms with Crippen LogP contribution in [-0.4, -0.2) is 24.8 Å². The quantitative estimate of drug-likeness (QED) is 0.549. The number of hydrogen-bond acceptors (Lipinski definition) is 3. The van der Waals surface area contributed by atoms with Gasteiger partial charge in [0.2, 0.25) is 0 Å². The molecule has 0 spiro atoms. The van der Waals surface area contributed by atoms with Crippen molar-refractivity contribution in [2.24, 2.45) is 0 Å². The number of carbonyl (C=O) groups excluding carboxylic acids is 2. The molecule has 0 N–H and O–H groups in total. The van der Waals surface area contributed by atoms with E-state index in [-0.39, 0.29) is 31.5 Å². The number of ketones is 2. The van der Waals surface area contributed by atoms with Crippen molar-refractivity contribution >= 4 is 25.1 Å². The van der Waals surface area contributed by atoms with E-state index in [1.807, 2.05) is 12.1 Å². The van der Waals surface area contributed by atoms with Crippen molar-refractivity contribution in [2.75, 3.05) is 13.2 Å². The van der Waals surface area contributed by atoms with Gasteiger partial charge in [-0.15, -0.1) is 0 Å². The maximum Gasteiger partial charge on any atom is 0.188 e. The Balaban J connectivity index is 0.000000410. The highest BCUT2D eigenvalue weighted by Crippen LogP contribution is 2.13. The van der Waals surface area contributed by atoms with Crippen LogP contribution in [0.4, 0.5) is 0 Å². The predicted molar refractivity (Wildman–Crippen MR) is 110 cm³/mol. The largest absolute Gasteiger partial charge is 0.381 e. The van der Waals surface area contributed by atoms with Crippen molar-refractivity contribution in [3.63, 3.8) is 0 Å². The van der Waals surface area contributed by atoms with Gasteiger partial charge in [0.25, 0.3) is 0 Å². The molecule has 0 amide bonds. The van der Waals surface area contributed by atoms with Crippen LogP contribution in [0, 0.1) is 0 Å². The van der Waals surface area contributed by atoms with E-state index < -0.39 is 0 Å². The molecule has 3 rings (SSSR count). The van der Waals surface area contributed by atoms with E-state index in [1.165, 1.54) is 19.3 Å². The minimum atomic E-state index is -0.176. The molecule has 0 saturated carbocycles. The fourth-order valence-electron chi connectivity index (χ4n) is 2.48. The summed E-state index contributed by atoms with van der Waals surface area (Å²) in [6, 6.07) is 17.8. The van der Waals surface area contributed by atoms with Crippen LogP contribution in [0.5, 0.6) is 0 Å². The van der Waals surface area contributed by atoms with E-state index in [0.29, 0.717) is 16.7 Å². The fraction of sp³-hybridized carbons (Fsp3) is 0.273. The minimum absolute atomic E-state index is 0. The normalized spacial score (nSPS) is 12.8. The molecule has 3 nitrogen and oxygen atoms in total. The third-order valence-electron chi connectivity index (χ3n) is 3.90. The van der Waals surface area contributed by atoms with Crippen molar-refractivity contribution < 1.29 is 14.3 Å². The van der Waals surface area contributed by atoms with Gasteiger partial charge in [-0.2, -0.15) is 13.5 Å². The first-order valence-corrected chi connectivity index (χ1v) is 8.62. The summed E-state index contributed by atoms with van der Waals surface area (Å²) in [5.41, 5.74) is 1.48. The standard InChI is InChI=1S/C17H14O2.C5H10O.H2S/c1-13(17(19)15-10-6-3-7-11-15)12-16(18)14-8-4-2-5-9-14;1-2-4-6-5-3-1;/h2-11H,1,12H2;1-5H2;1H2. The first kappa shape index (κ1) is 21.9. The summed E-state index contributed by atoms with van der Waals surface area (Å²) in [6.45, 7) is 5.73. The second-order valence-corrected chi connectivity index (χ2v) is 5.94. The molecule has 1 aliphatic heterocycles. The first-order valence-electron chi connectivity index (χ1n) is 8.62. The molecule has 0 aliphatic carbocycles. The topological polar surface area (TPSA) is 43.4 Å². The minimum Gasteiger partial charge on any atom is -0.381 e. The average Bonchev–Trinajstić information content (AvgIpc) is 2.70. The van der Waals surface area contributed by atoms with Crippen LogP contribution in [0.1, 0.15) is 46.4 Å². The Kier molecular flexibility index (Phi) is 10.3. The Labute approximate surface area is 162 Å². The number of carbonyl (C=O) groups is 2. The highest BCUT2D eigenvalue weighted by atomic mass is 32.1. The van der Waals surface area contributed by atoms with Gasteiger partial charge in [0.15, 0.2) is 11.6 Å². The highest BCUT2D eigenvalue weighted by molar-refractivity contribution is 7.59. The first-order chi connectivity index (χ1) is 12.2. The van der Waals surface area contributed by atoms with Gasteiger partial charge in [-0.1, -0.05) is 67.2 Å². The Morgan fingerprint density at radius 1 is 0.808 bits per heavy atom. The Bertz CT molecular complexity index is 680. The monoisotopic (exact) mass is 370 g/mol. The molecule has 0 unspecified atom stereocenters. The van der Waals surface area contributed by atoms with Crippen LogP contribution in [0.25, 0.3) is 0 Å². The summed E-state index contributed by atoms with van der Waals surface area (Å²) in [4.78, 5) is 24.0. The number of hydrogen-bond donors (Lipinski definition) is 0. The number of ether oxygens (including phenoxy) is 1. The second-order valence-electron chi connectivity index (χ2n) is 5.94. The summed E-state index contributed by atoms with van der Waals surface area (Å²) in [7, 11) is 0. The van der Waals surface area contributed by atoms with Crippen molar-refractivity contribution in [2.45, 2.75) is 25.7 Å². The van der Waals surface area contributed by atoms with Gasteiger partial charge in [0.05, 0.1) is 0 Å². The molecule has 1 aliphatic rings. The lowest BCUT2D eigenvalue weighted by atomic mass is 9.98. The molecule has 1 heterocycles. The maximum absolute atomic E-state index is 12.1. The zero-order valence-corrected chi connectivity index (χ0v) is 15.9. The zero-order chi connectivity index (χ0) is 17.9. The van der Waals surface area contributed by atoms with Crippen molar-refractivity contribution in [3.05, 3.63) is 83.9 Å². The smallest absolute Gasteiger partial charge is 0.188 e. The lowest BCUT2D eigenvalue weighted by Gasteiger charge is -2.08. The molecule has 0 radical (unpaired) electrons. The summed E-state index contributed by atoms with van der Waals surface area (Å²) < 4.78 is 5.07. The van der Waals surface area contributed by atoms with Gasteiger partial charge >= 0.3 is 0 Å². The lowest BCUT2D eigenvalue weighted by molar-refractivity contribution is 0.0960. The van der Waals surface area contributed by atoms with Crippen LogP contribution >= 0.6 is 13.5 Å². The number of rotatable bonds is 5. The molecule has 0 bridgehead atoms. The van der Waals surface area contributed by atoms with Gasteiger partial charge in [0, 0.05) is 36.3 Å². The molecular weight excluding hydrogens is 344 g/mol. The van der Waals surface area contributed by atoms with E-state index >= 15 is 0 Å². The zero-order valence-electron chi connectivity index (χ0n) is 14.9. The lowest BCUT2D eigenvalue weighted by Crippen LogP contribution is -2.08. The number of benzene rings is 2. The van der Waals surface area contributed by atoms with Crippen LogP contribution < -0.4 is 0 Å². The van der Waals surface area contributed by atoms with E-state index in [9.17, 15) is 9.59 Å². The third-order valence-corrected chi connectivity index (χ3v) is 3.90. The molecule has 0 atom stereocenters. The SMILES string of the molecule is C1CCOCC1.C=C(CC(=O)c1ccccc1)C(=O)c1ccccc1.S. The molecule has 2 aromatic carbocycles. The summed E-state index contributed by atoms with van der Waals surface area (Å²) >= 11 is 0. The fourth-order valence-corrected chi connectivity index (χ4v) is 2.48. The number of allylic oxidation sites excluding steroid dienone is 1. The second kappa shape index (κ2) is 12.2. The Morgan fingerprint density at radius 2 is 1.31 bits per heavy atom. The summed E-state index contributed by atoms with van der Waals surface area (Å²) in [6.07, 6.45) is 3.98. The Hall–Kier alpha value is -2.17. The van der Waals surface area contributed by atoms with Gasteiger partial charge in [-0.05, 0) is 19.3 Å². The van der Waals surface area contributed by atoms with Crippen LogP contribution in [-0.2, 0) is 4.74 Å². The van der Waals surface area contributed by atoms with Crippen LogP contribution in [0.3, 0.4) is 0 Å². The van der Waals surface area contributed by atoms with Crippen LogP contribution in [0.15, 0.2) is 72.8 Å². The van der Waals surface area contributed by atoms with E-state index in [0.717, 1.165) is 13.2 Å². The van der Waals surface area contributed by atoms with E-state index in [2.05, 4.69) is 6.58 Å². The van der Waals surface area contributed by atoms with Crippen molar-refractivity contribution in [1.29, 1.82) is 0 Å². The van der Waals surface area contributed by atoms with Crippen molar-refractivity contribution in [3.8, 4) is 0 Å². The van der Waals surface area contributed by atoms with Gasteiger partial charge < -0.3 is 4.74 Å². The van der Waals surface area contributed by atoms with Gasteiger partial charge in [-0.3, -0.25) is 9.59 Å². The van der Waals surface area contributed by atoms with Crippen LogP contribution in [0.2, 0.25) is 0 Å². The molecule has 2 aromatic rings. The van der Waals surface area contributed by atoms with E-state index in [1.54, 1.807) is 48.5 Å².